The highest BCUT2D eigenvalue weighted by Crippen LogP contribution is 2.26. The lowest BCUT2D eigenvalue weighted by Crippen LogP contribution is -2.30. The smallest absolute Gasteiger partial charge is 0.423 e. The second-order valence-corrected chi connectivity index (χ2v) is 6.29. The van der Waals surface area contributed by atoms with E-state index in [1.165, 1.54) is 64.2 Å². The molecule has 1 atom stereocenters. The number of aromatic nitrogens is 1. The van der Waals surface area contributed by atoms with Crippen molar-refractivity contribution in [2.45, 2.75) is 84.0 Å². The molecule has 124 valence electrons. The minimum atomic E-state index is -1.42. The molecule has 0 aliphatic rings. The lowest BCUT2D eigenvalue weighted by molar-refractivity contribution is 0.425. The van der Waals surface area contributed by atoms with E-state index in [1.54, 1.807) is 12.3 Å². The van der Waals surface area contributed by atoms with Crippen LogP contribution in [0.2, 0.25) is 0 Å². The van der Waals surface area contributed by atoms with Gasteiger partial charge in [-0.3, -0.25) is 4.98 Å². The van der Waals surface area contributed by atoms with Crippen LogP contribution in [0.4, 0.5) is 0 Å². The summed E-state index contributed by atoms with van der Waals surface area (Å²) in [5.74, 6) is 0.512. The maximum atomic E-state index is 9.17. The molecule has 0 aliphatic carbocycles. The van der Waals surface area contributed by atoms with Crippen molar-refractivity contribution >= 4 is 12.6 Å². The third kappa shape index (κ3) is 7.41. The third-order valence-electron chi connectivity index (χ3n) is 4.34. The van der Waals surface area contributed by atoms with E-state index < -0.39 is 7.12 Å². The molecule has 22 heavy (non-hydrogen) atoms. The highest BCUT2D eigenvalue weighted by molar-refractivity contribution is 6.58. The third-order valence-corrected chi connectivity index (χ3v) is 4.34. The van der Waals surface area contributed by atoms with Crippen molar-refractivity contribution in [2.24, 2.45) is 0 Å². The van der Waals surface area contributed by atoms with Crippen LogP contribution in [0.5, 0.6) is 0 Å². The van der Waals surface area contributed by atoms with Gasteiger partial charge in [0.25, 0.3) is 0 Å². The number of rotatable bonds is 12. The van der Waals surface area contributed by atoms with Crippen molar-refractivity contribution < 1.29 is 10.0 Å². The van der Waals surface area contributed by atoms with Crippen LogP contribution in [0.15, 0.2) is 18.3 Å². The highest BCUT2D eigenvalue weighted by atomic mass is 16.4. The van der Waals surface area contributed by atoms with E-state index in [9.17, 15) is 0 Å². The normalized spacial score (nSPS) is 12.4. The molecule has 0 bridgehead atoms. The fraction of sp³-hybridized carbons (Fsp3) is 0.722. The molecular weight excluding hydrogens is 273 g/mol. The molecule has 0 saturated carbocycles. The monoisotopic (exact) mass is 305 g/mol. The van der Waals surface area contributed by atoms with Gasteiger partial charge in [0.1, 0.15) is 0 Å². The van der Waals surface area contributed by atoms with E-state index in [2.05, 4.69) is 18.8 Å². The fourth-order valence-electron chi connectivity index (χ4n) is 2.89. The Morgan fingerprint density at radius 2 is 1.50 bits per heavy atom. The van der Waals surface area contributed by atoms with E-state index >= 15 is 0 Å². The van der Waals surface area contributed by atoms with Crippen molar-refractivity contribution in [1.82, 2.24) is 4.98 Å². The predicted molar refractivity (Wildman–Crippen MR) is 94.3 cm³/mol. The molecule has 1 unspecified atom stereocenters. The average Bonchev–Trinajstić information content (AvgIpc) is 2.53. The van der Waals surface area contributed by atoms with Gasteiger partial charge in [0, 0.05) is 23.3 Å². The Morgan fingerprint density at radius 3 is 2.05 bits per heavy atom. The van der Waals surface area contributed by atoms with E-state index in [0.29, 0.717) is 11.4 Å². The number of unbranched alkanes of at least 4 members (excludes halogenated alkanes) is 6. The van der Waals surface area contributed by atoms with Gasteiger partial charge in [-0.05, 0) is 18.9 Å². The summed E-state index contributed by atoms with van der Waals surface area (Å²) in [5, 5.41) is 18.3. The van der Waals surface area contributed by atoms with Gasteiger partial charge < -0.3 is 10.0 Å². The fourth-order valence-corrected chi connectivity index (χ4v) is 2.89. The molecule has 0 radical (unpaired) electrons. The maximum absolute atomic E-state index is 9.17. The van der Waals surface area contributed by atoms with E-state index in [1.807, 2.05) is 6.07 Å². The van der Waals surface area contributed by atoms with Crippen LogP contribution in [0, 0.1) is 0 Å². The second kappa shape index (κ2) is 11.7. The molecule has 0 aromatic carbocycles. The Hall–Kier alpha value is -0.865. The zero-order chi connectivity index (χ0) is 16.2. The molecule has 1 heterocycles. The molecule has 1 rings (SSSR count). The summed E-state index contributed by atoms with van der Waals surface area (Å²) in [6.45, 7) is 4.48. The predicted octanol–water partition coefficient (Wildman–Crippen LogP) is 3.79. The Morgan fingerprint density at radius 1 is 0.909 bits per heavy atom. The van der Waals surface area contributed by atoms with Gasteiger partial charge >= 0.3 is 7.12 Å². The van der Waals surface area contributed by atoms with Gasteiger partial charge in [0.2, 0.25) is 0 Å². The molecule has 1 aromatic rings. The Kier molecular flexibility index (Phi) is 10.2. The molecule has 0 saturated heterocycles. The molecule has 3 nitrogen and oxygen atoms in total. The zero-order valence-electron chi connectivity index (χ0n) is 14.3. The van der Waals surface area contributed by atoms with E-state index in [4.69, 9.17) is 10.0 Å². The Balaban J connectivity index is 2.55. The number of hydrogen-bond acceptors (Lipinski definition) is 3. The highest BCUT2D eigenvalue weighted by Gasteiger charge is 2.15. The van der Waals surface area contributed by atoms with Crippen molar-refractivity contribution in [3.8, 4) is 0 Å². The summed E-state index contributed by atoms with van der Waals surface area (Å²) < 4.78 is 0. The van der Waals surface area contributed by atoms with Gasteiger partial charge in [-0.1, -0.05) is 71.3 Å². The van der Waals surface area contributed by atoms with Crippen molar-refractivity contribution in [1.29, 1.82) is 0 Å². The van der Waals surface area contributed by atoms with Crippen LogP contribution >= 0.6 is 0 Å². The standard InChI is InChI=1S/C18H32BNO2/c1-3-5-7-8-10-12-16(11-9-6-4-2)18-14-13-17(15-20-18)19(21)22/h13-16,21-22H,3-12H2,1-2H3. The molecule has 0 spiro atoms. The van der Waals surface area contributed by atoms with E-state index in [0.717, 1.165) is 5.69 Å². The molecule has 0 amide bonds. The van der Waals surface area contributed by atoms with E-state index in [-0.39, 0.29) is 0 Å². The van der Waals surface area contributed by atoms with Gasteiger partial charge in [0.05, 0.1) is 0 Å². The summed E-state index contributed by atoms with van der Waals surface area (Å²) in [5.41, 5.74) is 1.58. The minimum absolute atomic E-state index is 0.471. The lowest BCUT2D eigenvalue weighted by Gasteiger charge is -2.17. The first-order valence-electron chi connectivity index (χ1n) is 9.01. The summed E-state index contributed by atoms with van der Waals surface area (Å²) >= 11 is 0. The summed E-state index contributed by atoms with van der Waals surface area (Å²) in [4.78, 5) is 4.47. The average molecular weight is 305 g/mol. The second-order valence-electron chi connectivity index (χ2n) is 6.29. The van der Waals surface area contributed by atoms with Gasteiger partial charge in [-0.2, -0.15) is 0 Å². The number of hydrogen-bond donors (Lipinski definition) is 2. The molecule has 4 heteroatoms. The molecular formula is C18H32BNO2. The van der Waals surface area contributed by atoms with Crippen LogP contribution in [-0.2, 0) is 0 Å². The van der Waals surface area contributed by atoms with Crippen LogP contribution < -0.4 is 5.46 Å². The quantitative estimate of drug-likeness (QED) is 0.456. The summed E-state index contributed by atoms with van der Waals surface area (Å²) in [6.07, 6.45) is 14.3. The number of pyridine rings is 1. The lowest BCUT2D eigenvalue weighted by atomic mass is 9.81. The van der Waals surface area contributed by atoms with Gasteiger partial charge in [0.15, 0.2) is 0 Å². The summed E-state index contributed by atoms with van der Waals surface area (Å²) in [7, 11) is -1.42. The topological polar surface area (TPSA) is 53.4 Å². The Labute approximate surface area is 136 Å². The largest absolute Gasteiger partial charge is 0.490 e. The summed E-state index contributed by atoms with van der Waals surface area (Å²) in [6, 6.07) is 3.76. The molecule has 1 aromatic heterocycles. The van der Waals surface area contributed by atoms with Crippen molar-refractivity contribution in [2.75, 3.05) is 0 Å². The SMILES string of the molecule is CCCCCCCC(CCCCC)c1ccc(B(O)O)cn1. The zero-order valence-corrected chi connectivity index (χ0v) is 14.3. The van der Waals surface area contributed by atoms with Crippen molar-refractivity contribution in [3.63, 3.8) is 0 Å². The maximum Gasteiger partial charge on any atom is 0.490 e. The van der Waals surface area contributed by atoms with Gasteiger partial charge in [-0.15, -0.1) is 0 Å². The van der Waals surface area contributed by atoms with Crippen molar-refractivity contribution in [3.05, 3.63) is 24.0 Å². The Bertz CT molecular complexity index is 381. The molecule has 0 fully saturated rings. The van der Waals surface area contributed by atoms with Gasteiger partial charge in [-0.25, -0.2) is 0 Å². The first-order valence-corrected chi connectivity index (χ1v) is 9.01. The van der Waals surface area contributed by atoms with Crippen LogP contribution in [0.3, 0.4) is 0 Å². The number of nitrogens with zero attached hydrogens (tertiary/aromatic N) is 1. The first kappa shape index (κ1) is 19.2. The van der Waals surface area contributed by atoms with Crippen LogP contribution in [0.25, 0.3) is 0 Å². The molecule has 0 aliphatic heterocycles. The minimum Gasteiger partial charge on any atom is -0.423 e. The van der Waals surface area contributed by atoms with Crippen LogP contribution in [-0.4, -0.2) is 22.2 Å². The first-order chi connectivity index (χ1) is 10.7. The molecule has 2 N–H and O–H groups in total. The van der Waals surface area contributed by atoms with Crippen LogP contribution in [0.1, 0.15) is 89.7 Å².